The summed E-state index contributed by atoms with van der Waals surface area (Å²) >= 11 is 0. The molecule has 92 valence electrons. The van der Waals surface area contributed by atoms with Crippen LogP contribution in [0.1, 0.15) is 56.3 Å². The zero-order chi connectivity index (χ0) is 12.3. The van der Waals surface area contributed by atoms with E-state index in [-0.39, 0.29) is 11.2 Å². The van der Waals surface area contributed by atoms with Crippen LogP contribution in [0.5, 0.6) is 0 Å². The smallest absolute Gasteiger partial charge is 0.172 e. The maximum absolute atomic E-state index is 12.6. The summed E-state index contributed by atoms with van der Waals surface area (Å²) in [5, 5.41) is 0. The minimum Gasteiger partial charge on any atom is -0.293 e. The Kier molecular flexibility index (Phi) is 3.55. The van der Waals surface area contributed by atoms with Gasteiger partial charge in [0.2, 0.25) is 0 Å². The van der Waals surface area contributed by atoms with Crippen LogP contribution in [0.25, 0.3) is 0 Å². The largest absolute Gasteiger partial charge is 0.293 e. The second-order valence-corrected chi connectivity index (χ2v) is 5.54. The number of Topliss-reactive ketones (excluding diaryl/α,β-unsaturated/α-hetero) is 1. The second-order valence-electron chi connectivity index (χ2n) is 5.54. The highest BCUT2D eigenvalue weighted by atomic mass is 16.1. The summed E-state index contributed by atoms with van der Waals surface area (Å²) in [5.41, 5.74) is 0.536. The van der Waals surface area contributed by atoms with Crippen molar-refractivity contribution in [3.05, 3.63) is 24.3 Å². The van der Waals surface area contributed by atoms with E-state index in [1.807, 2.05) is 0 Å². The van der Waals surface area contributed by atoms with Crippen LogP contribution in [0.15, 0.2) is 18.7 Å². The Hall–Kier alpha value is -1.25. The minimum atomic E-state index is -0.140. The summed E-state index contributed by atoms with van der Waals surface area (Å²) in [6, 6.07) is 0. The minimum absolute atomic E-state index is 0.140. The van der Waals surface area contributed by atoms with Crippen molar-refractivity contribution in [1.82, 2.24) is 9.97 Å². The number of aromatic nitrogens is 2. The van der Waals surface area contributed by atoms with Gasteiger partial charge in [-0.3, -0.25) is 4.79 Å². The lowest BCUT2D eigenvalue weighted by Gasteiger charge is -2.29. The third-order valence-corrected chi connectivity index (χ3v) is 3.66. The number of carbonyl (C=O) groups excluding carboxylic acids is 1. The molecule has 0 unspecified atom stereocenters. The van der Waals surface area contributed by atoms with Gasteiger partial charge in [0, 0.05) is 17.8 Å². The molecule has 1 aliphatic rings. The van der Waals surface area contributed by atoms with Gasteiger partial charge in [0.1, 0.15) is 6.33 Å². The van der Waals surface area contributed by atoms with Crippen LogP contribution in [0, 0.1) is 11.3 Å². The van der Waals surface area contributed by atoms with Gasteiger partial charge in [0.15, 0.2) is 5.78 Å². The average molecular weight is 232 g/mol. The van der Waals surface area contributed by atoms with Crippen molar-refractivity contribution in [2.75, 3.05) is 0 Å². The van der Waals surface area contributed by atoms with Crippen LogP contribution < -0.4 is 0 Å². The van der Waals surface area contributed by atoms with E-state index in [4.69, 9.17) is 0 Å². The van der Waals surface area contributed by atoms with Gasteiger partial charge < -0.3 is 0 Å². The van der Waals surface area contributed by atoms with Crippen molar-refractivity contribution in [1.29, 1.82) is 0 Å². The summed E-state index contributed by atoms with van der Waals surface area (Å²) in [7, 11) is 0. The van der Waals surface area contributed by atoms with Crippen molar-refractivity contribution in [2.24, 2.45) is 11.3 Å². The average Bonchev–Trinajstić information content (AvgIpc) is 2.78. The molecule has 0 spiro atoms. The van der Waals surface area contributed by atoms with E-state index in [0.717, 1.165) is 19.3 Å². The Bertz CT molecular complexity index is 380. The standard InChI is InChI=1S/C14H20N2O/c1-11(2)7-14(5-3-4-6-14)13(17)12-8-15-10-16-9-12/h8-11H,3-7H2,1-2H3. The molecule has 1 aromatic heterocycles. The molecule has 0 atom stereocenters. The first kappa shape index (κ1) is 12.2. The van der Waals surface area contributed by atoms with Gasteiger partial charge in [-0.2, -0.15) is 0 Å². The lowest BCUT2D eigenvalue weighted by molar-refractivity contribution is 0.0759. The van der Waals surface area contributed by atoms with Crippen molar-refractivity contribution in [2.45, 2.75) is 46.0 Å². The maximum atomic E-state index is 12.6. The lowest BCUT2D eigenvalue weighted by Crippen LogP contribution is -2.30. The van der Waals surface area contributed by atoms with E-state index >= 15 is 0 Å². The molecule has 3 nitrogen and oxygen atoms in total. The van der Waals surface area contributed by atoms with Gasteiger partial charge in [-0.25, -0.2) is 9.97 Å². The molecule has 3 heteroatoms. The van der Waals surface area contributed by atoms with Gasteiger partial charge in [0.05, 0.1) is 5.56 Å². The van der Waals surface area contributed by atoms with E-state index < -0.39 is 0 Å². The first-order chi connectivity index (χ1) is 8.14. The third kappa shape index (κ3) is 2.54. The van der Waals surface area contributed by atoms with Crippen LogP contribution >= 0.6 is 0 Å². The van der Waals surface area contributed by atoms with Gasteiger partial charge in [-0.1, -0.05) is 26.7 Å². The number of rotatable bonds is 4. The second kappa shape index (κ2) is 4.94. The van der Waals surface area contributed by atoms with Crippen LogP contribution in [-0.4, -0.2) is 15.8 Å². The van der Waals surface area contributed by atoms with E-state index in [9.17, 15) is 4.79 Å². The molecule has 0 N–H and O–H groups in total. The Labute approximate surface area is 103 Å². The Morgan fingerprint density at radius 1 is 1.29 bits per heavy atom. The highest BCUT2D eigenvalue weighted by Crippen LogP contribution is 2.45. The van der Waals surface area contributed by atoms with Crippen molar-refractivity contribution in [3.63, 3.8) is 0 Å². The molecule has 0 bridgehead atoms. The molecule has 0 radical (unpaired) electrons. The van der Waals surface area contributed by atoms with E-state index in [1.165, 1.54) is 19.2 Å². The SMILES string of the molecule is CC(C)CC1(C(=O)c2cncnc2)CCCC1. The quantitative estimate of drug-likeness (QED) is 0.748. The zero-order valence-corrected chi connectivity index (χ0v) is 10.6. The van der Waals surface area contributed by atoms with Crippen LogP contribution in [0.2, 0.25) is 0 Å². The predicted molar refractivity (Wildman–Crippen MR) is 66.7 cm³/mol. The topological polar surface area (TPSA) is 42.9 Å². The molecular formula is C14H20N2O. The number of ketones is 1. The fourth-order valence-electron chi connectivity index (χ4n) is 3.08. The van der Waals surface area contributed by atoms with Crippen molar-refractivity contribution in [3.8, 4) is 0 Å². The molecular weight excluding hydrogens is 212 g/mol. The molecule has 17 heavy (non-hydrogen) atoms. The van der Waals surface area contributed by atoms with Crippen LogP contribution in [-0.2, 0) is 0 Å². The predicted octanol–water partition coefficient (Wildman–Crippen LogP) is 3.27. The lowest BCUT2D eigenvalue weighted by atomic mass is 9.73. The van der Waals surface area contributed by atoms with Gasteiger partial charge >= 0.3 is 0 Å². The number of hydrogen-bond donors (Lipinski definition) is 0. The molecule has 0 amide bonds. The third-order valence-electron chi connectivity index (χ3n) is 3.66. The summed E-state index contributed by atoms with van der Waals surface area (Å²) in [5.74, 6) is 0.811. The van der Waals surface area contributed by atoms with Gasteiger partial charge in [0.25, 0.3) is 0 Å². The molecule has 0 aliphatic heterocycles. The summed E-state index contributed by atoms with van der Waals surface area (Å²) in [4.78, 5) is 20.5. The molecule has 1 saturated carbocycles. The van der Waals surface area contributed by atoms with Gasteiger partial charge in [-0.05, 0) is 25.2 Å². The Balaban J connectivity index is 2.25. The van der Waals surface area contributed by atoms with E-state index in [2.05, 4.69) is 23.8 Å². The number of hydrogen-bond acceptors (Lipinski definition) is 3. The molecule has 0 aromatic carbocycles. The molecule has 0 saturated heterocycles. The fourth-order valence-corrected chi connectivity index (χ4v) is 3.08. The monoisotopic (exact) mass is 232 g/mol. The zero-order valence-electron chi connectivity index (χ0n) is 10.6. The summed E-state index contributed by atoms with van der Waals surface area (Å²) in [6.45, 7) is 4.38. The van der Waals surface area contributed by atoms with E-state index in [0.29, 0.717) is 11.5 Å². The van der Waals surface area contributed by atoms with Crippen LogP contribution in [0.4, 0.5) is 0 Å². The van der Waals surface area contributed by atoms with Crippen molar-refractivity contribution >= 4 is 5.78 Å². The first-order valence-corrected chi connectivity index (χ1v) is 6.44. The first-order valence-electron chi connectivity index (χ1n) is 6.44. The molecule has 1 heterocycles. The highest BCUT2D eigenvalue weighted by Gasteiger charge is 2.41. The highest BCUT2D eigenvalue weighted by molar-refractivity contribution is 6.00. The molecule has 1 aromatic rings. The van der Waals surface area contributed by atoms with E-state index in [1.54, 1.807) is 12.4 Å². The molecule has 1 fully saturated rings. The fraction of sp³-hybridized carbons (Fsp3) is 0.643. The number of nitrogens with zero attached hydrogens (tertiary/aromatic N) is 2. The van der Waals surface area contributed by atoms with Gasteiger partial charge in [-0.15, -0.1) is 0 Å². The molecule has 1 aliphatic carbocycles. The summed E-state index contributed by atoms with van der Waals surface area (Å²) in [6.07, 6.45) is 10.2. The van der Waals surface area contributed by atoms with Crippen molar-refractivity contribution < 1.29 is 4.79 Å². The Morgan fingerprint density at radius 2 is 1.88 bits per heavy atom. The maximum Gasteiger partial charge on any atom is 0.172 e. The normalized spacial score (nSPS) is 18.5. The number of carbonyl (C=O) groups is 1. The molecule has 2 rings (SSSR count). The summed E-state index contributed by atoms with van der Waals surface area (Å²) < 4.78 is 0. The van der Waals surface area contributed by atoms with Crippen LogP contribution in [0.3, 0.4) is 0 Å². The Morgan fingerprint density at radius 3 is 2.41 bits per heavy atom.